The Morgan fingerprint density at radius 1 is 1.21 bits per heavy atom. The van der Waals surface area contributed by atoms with Crippen molar-refractivity contribution in [2.24, 2.45) is 0 Å². The molecule has 1 aliphatic carbocycles. The first-order valence-corrected chi connectivity index (χ1v) is 8.80. The predicted octanol–water partition coefficient (Wildman–Crippen LogP) is 4.31. The normalized spacial score (nSPS) is 15.2. The Kier molecular flexibility index (Phi) is 4.83. The van der Waals surface area contributed by atoms with Crippen molar-refractivity contribution >= 4 is 5.57 Å². The van der Waals surface area contributed by atoms with E-state index in [2.05, 4.69) is 67.9 Å². The zero-order valence-electron chi connectivity index (χ0n) is 12.4. The van der Waals surface area contributed by atoms with Crippen LogP contribution in [0, 0.1) is 0 Å². The molecule has 19 heavy (non-hydrogen) atoms. The van der Waals surface area contributed by atoms with Crippen LogP contribution in [0.5, 0.6) is 0 Å². The summed E-state index contributed by atoms with van der Waals surface area (Å²) in [6.45, 7) is 8.92. The summed E-state index contributed by atoms with van der Waals surface area (Å²) in [7, 11) is 0. The third-order valence-electron chi connectivity index (χ3n) is 3.15. The van der Waals surface area contributed by atoms with E-state index in [1.54, 1.807) is 0 Å². The van der Waals surface area contributed by atoms with Crippen LogP contribution in [0.1, 0.15) is 45.2 Å². The number of nitrogens with one attached hydrogen (secondary N) is 1. The van der Waals surface area contributed by atoms with Crippen LogP contribution in [0.25, 0.3) is 5.57 Å². The molecular formula is C17H23NTi. The molecule has 1 aliphatic rings. The van der Waals surface area contributed by atoms with E-state index in [-0.39, 0.29) is 24.9 Å². The fraction of sp³-hybridized carbons (Fsp3) is 0.412. The second kappa shape index (κ2) is 6.22. The molecule has 0 radical (unpaired) electrons. The average Bonchev–Trinajstić information content (AvgIpc) is 2.75. The molecule has 1 aromatic carbocycles. The Balaban J connectivity index is 2.07. The van der Waals surface area contributed by atoms with E-state index in [1.807, 2.05) is 0 Å². The molecule has 100 valence electrons. The summed E-state index contributed by atoms with van der Waals surface area (Å²) in [5.74, 6) is 0. The van der Waals surface area contributed by atoms with Crippen LogP contribution >= 0.6 is 0 Å². The molecule has 0 saturated heterocycles. The molecule has 1 aromatic rings. The molecule has 0 aliphatic heterocycles. The molecule has 1 N–H and O–H groups in total. The molecule has 0 fully saturated rings. The first-order chi connectivity index (χ1) is 8.96. The van der Waals surface area contributed by atoms with Gasteiger partial charge in [-0.2, -0.15) is 0 Å². The van der Waals surface area contributed by atoms with Crippen molar-refractivity contribution in [3.63, 3.8) is 0 Å². The van der Waals surface area contributed by atoms with E-state index in [0.717, 1.165) is 6.42 Å². The van der Waals surface area contributed by atoms with Gasteiger partial charge in [-0.1, -0.05) is 0 Å². The zero-order chi connectivity index (χ0) is 13.9. The summed E-state index contributed by atoms with van der Waals surface area (Å²) in [6.07, 6.45) is 5.74. The summed E-state index contributed by atoms with van der Waals surface area (Å²) in [6, 6.07) is 8.89. The fourth-order valence-electron chi connectivity index (χ4n) is 2.24. The van der Waals surface area contributed by atoms with Gasteiger partial charge in [-0.15, -0.1) is 0 Å². The molecule has 0 aromatic heterocycles. The second-order valence-corrected chi connectivity index (χ2v) is 7.70. The zero-order valence-corrected chi connectivity index (χ0v) is 13.9. The van der Waals surface area contributed by atoms with Crippen LogP contribution in [0.15, 0.2) is 42.0 Å². The van der Waals surface area contributed by atoms with E-state index in [4.69, 9.17) is 0 Å². The molecule has 0 amide bonds. The Morgan fingerprint density at radius 3 is 2.58 bits per heavy atom. The average molecular weight is 289 g/mol. The van der Waals surface area contributed by atoms with Gasteiger partial charge in [0, 0.05) is 0 Å². The molecule has 2 rings (SSSR count). The first kappa shape index (κ1) is 14.8. The van der Waals surface area contributed by atoms with Gasteiger partial charge < -0.3 is 0 Å². The van der Waals surface area contributed by atoms with E-state index in [1.165, 1.54) is 27.0 Å². The summed E-state index contributed by atoms with van der Waals surface area (Å²) >= 11 is -0.119. The van der Waals surface area contributed by atoms with Gasteiger partial charge in [-0.25, -0.2) is 0 Å². The van der Waals surface area contributed by atoms with Gasteiger partial charge in [0.15, 0.2) is 0 Å². The van der Waals surface area contributed by atoms with Crippen LogP contribution in [0.4, 0.5) is 0 Å². The fourth-order valence-corrected chi connectivity index (χ4v) is 3.99. The van der Waals surface area contributed by atoms with Crippen LogP contribution in [-0.4, -0.2) is 5.54 Å². The summed E-state index contributed by atoms with van der Waals surface area (Å²) in [5, 5.41) is 0. The van der Waals surface area contributed by atoms with E-state index < -0.39 is 0 Å². The third kappa shape index (κ3) is 4.45. The summed E-state index contributed by atoms with van der Waals surface area (Å²) < 4.78 is 4.90. The van der Waals surface area contributed by atoms with Crippen LogP contribution in [0.2, 0.25) is 0 Å². The van der Waals surface area contributed by atoms with Crippen LogP contribution in [0.3, 0.4) is 0 Å². The summed E-state index contributed by atoms with van der Waals surface area (Å²) in [5.41, 5.74) is 6.09. The van der Waals surface area contributed by atoms with Gasteiger partial charge in [-0.05, 0) is 0 Å². The minimum absolute atomic E-state index is 0.119. The van der Waals surface area contributed by atoms with Gasteiger partial charge in [-0.3, -0.25) is 0 Å². The van der Waals surface area contributed by atoms with Gasteiger partial charge >= 0.3 is 126 Å². The Labute approximate surface area is 126 Å². The van der Waals surface area contributed by atoms with Gasteiger partial charge in [0.25, 0.3) is 0 Å². The Hall–Kier alpha value is -0.626. The molecular weight excluding hydrogens is 266 g/mol. The Morgan fingerprint density at radius 2 is 1.95 bits per heavy atom. The van der Waals surface area contributed by atoms with Crippen molar-refractivity contribution in [1.82, 2.24) is 3.80 Å². The van der Waals surface area contributed by atoms with E-state index in [9.17, 15) is 0 Å². The van der Waals surface area contributed by atoms with E-state index in [0.29, 0.717) is 0 Å². The molecule has 0 atom stereocenters. The maximum absolute atomic E-state index is 3.69. The molecule has 0 spiro atoms. The van der Waals surface area contributed by atoms with Crippen molar-refractivity contribution in [2.75, 3.05) is 0 Å². The topological polar surface area (TPSA) is 12.0 Å². The predicted molar refractivity (Wildman–Crippen MR) is 79.4 cm³/mol. The number of hydrogen-bond donors (Lipinski definition) is 1. The molecule has 0 bridgehead atoms. The number of hydrogen-bond acceptors (Lipinski definition) is 1. The first-order valence-electron chi connectivity index (χ1n) is 6.91. The van der Waals surface area contributed by atoms with Gasteiger partial charge in [0.1, 0.15) is 0 Å². The van der Waals surface area contributed by atoms with Crippen molar-refractivity contribution < 1.29 is 19.4 Å². The van der Waals surface area contributed by atoms with Crippen LogP contribution < -0.4 is 3.80 Å². The monoisotopic (exact) mass is 289 g/mol. The maximum atomic E-state index is 3.69. The standard InChI is InChI=1S/C13H13.C4H10N.Ti/c1-10-7-8-12(9-10)13-6-4-3-5-11(13)2;1-4(2,3)5;/h3-7,9H,2,8H2,1H3;5H,1-3H3;/q;-1;+1. The quantitative estimate of drug-likeness (QED) is 0.815. The molecule has 0 saturated carbocycles. The molecule has 1 nitrogen and oxygen atoms in total. The SMILES string of the molecule is CC1=CCC(c2ccccc2[CH2][Ti][NH]C(C)(C)C)=C1. The molecule has 0 heterocycles. The number of benzene rings is 1. The molecule has 0 unspecified atom stereocenters. The van der Waals surface area contributed by atoms with Crippen molar-refractivity contribution in [3.05, 3.63) is 53.1 Å². The minimum atomic E-state index is -0.119. The van der Waals surface area contributed by atoms with Crippen molar-refractivity contribution in [3.8, 4) is 0 Å². The molecule has 2 heteroatoms. The van der Waals surface area contributed by atoms with E-state index >= 15 is 0 Å². The number of rotatable bonds is 4. The van der Waals surface area contributed by atoms with Gasteiger partial charge in [0.05, 0.1) is 0 Å². The Bertz CT molecular complexity index is 506. The number of allylic oxidation sites excluding steroid dienone is 4. The third-order valence-corrected chi connectivity index (χ3v) is 5.47. The van der Waals surface area contributed by atoms with Crippen molar-refractivity contribution in [1.29, 1.82) is 0 Å². The van der Waals surface area contributed by atoms with Gasteiger partial charge in [0.2, 0.25) is 0 Å². The van der Waals surface area contributed by atoms with Crippen LogP contribution in [-0.2, 0) is 24.1 Å². The second-order valence-electron chi connectivity index (χ2n) is 6.21. The van der Waals surface area contributed by atoms with Crippen molar-refractivity contribution in [2.45, 2.75) is 44.4 Å². The summed E-state index contributed by atoms with van der Waals surface area (Å²) in [4.78, 5) is 0.